The Morgan fingerprint density at radius 1 is 1.25 bits per heavy atom. The van der Waals surface area contributed by atoms with E-state index in [-0.39, 0.29) is 12.0 Å². The highest BCUT2D eigenvalue weighted by Gasteiger charge is 2.34. The van der Waals surface area contributed by atoms with Crippen molar-refractivity contribution >= 4 is 27.3 Å². The third-order valence-corrected chi connectivity index (χ3v) is 4.42. The van der Waals surface area contributed by atoms with Crippen molar-refractivity contribution in [2.24, 2.45) is 0 Å². The van der Waals surface area contributed by atoms with Gasteiger partial charge in [-0.2, -0.15) is 13.2 Å². The van der Waals surface area contributed by atoms with Crippen LogP contribution in [0.25, 0.3) is 0 Å². The van der Waals surface area contributed by atoms with Crippen molar-refractivity contribution in [1.82, 2.24) is 0 Å². The predicted molar refractivity (Wildman–Crippen MR) is 72.1 cm³/mol. The first-order valence-corrected chi connectivity index (χ1v) is 7.22. The van der Waals surface area contributed by atoms with E-state index in [0.717, 1.165) is 21.5 Å². The van der Waals surface area contributed by atoms with Crippen LogP contribution in [-0.4, -0.2) is 5.11 Å². The molecule has 0 radical (unpaired) electrons. The van der Waals surface area contributed by atoms with E-state index in [9.17, 15) is 22.7 Å². The molecule has 7 heteroatoms. The van der Waals surface area contributed by atoms with Gasteiger partial charge < -0.3 is 5.11 Å². The molecule has 0 saturated heterocycles. The first-order valence-electron chi connectivity index (χ1n) is 5.55. The molecule has 1 aromatic carbocycles. The summed E-state index contributed by atoms with van der Waals surface area (Å²) in [6, 6.07) is 4.33. The van der Waals surface area contributed by atoms with E-state index in [0.29, 0.717) is 6.07 Å². The average Bonchev–Trinajstić information content (AvgIpc) is 2.73. The van der Waals surface area contributed by atoms with Gasteiger partial charge in [-0.05, 0) is 39.7 Å². The van der Waals surface area contributed by atoms with Gasteiger partial charge in [-0.1, -0.05) is 6.07 Å². The lowest BCUT2D eigenvalue weighted by molar-refractivity contribution is -0.140. The number of thiophene rings is 1. The minimum absolute atomic E-state index is 0.0447. The second kappa shape index (κ2) is 5.83. The Kier molecular flexibility index (Phi) is 4.51. The number of aliphatic hydroxyl groups is 1. The number of benzene rings is 1. The van der Waals surface area contributed by atoms with E-state index in [1.165, 1.54) is 11.3 Å². The maximum atomic E-state index is 13.2. The maximum absolute atomic E-state index is 13.2. The minimum Gasteiger partial charge on any atom is -0.388 e. The molecule has 0 spiro atoms. The van der Waals surface area contributed by atoms with Crippen molar-refractivity contribution in [1.29, 1.82) is 0 Å². The van der Waals surface area contributed by atoms with Gasteiger partial charge in [0.25, 0.3) is 0 Å². The number of alkyl halides is 3. The highest BCUT2D eigenvalue weighted by atomic mass is 79.9. The van der Waals surface area contributed by atoms with E-state index in [2.05, 4.69) is 15.9 Å². The first kappa shape index (κ1) is 15.5. The molecule has 1 heterocycles. The molecule has 0 amide bonds. The second-order valence-electron chi connectivity index (χ2n) is 4.19. The molecule has 1 atom stereocenters. The summed E-state index contributed by atoms with van der Waals surface area (Å²) in [6.07, 6.45) is -5.70. The van der Waals surface area contributed by atoms with E-state index >= 15 is 0 Å². The van der Waals surface area contributed by atoms with E-state index < -0.39 is 23.7 Å². The molecule has 1 unspecified atom stereocenters. The highest BCUT2D eigenvalue weighted by Crippen LogP contribution is 2.34. The van der Waals surface area contributed by atoms with Crippen LogP contribution in [0.1, 0.15) is 22.1 Å². The highest BCUT2D eigenvalue weighted by molar-refractivity contribution is 9.10. The largest absolute Gasteiger partial charge is 0.419 e. The minimum atomic E-state index is -4.77. The van der Waals surface area contributed by atoms with Crippen molar-refractivity contribution in [2.45, 2.75) is 18.7 Å². The standard InChI is InChI=1S/C13H9BrF4OS/c14-8-4-9(20-6-8)5-12(19)7-1-2-11(15)10(3-7)13(16,17)18/h1-4,6,12,19H,5H2. The maximum Gasteiger partial charge on any atom is 0.419 e. The van der Waals surface area contributed by atoms with Crippen molar-refractivity contribution < 1.29 is 22.7 Å². The summed E-state index contributed by atoms with van der Waals surface area (Å²) >= 11 is 4.64. The molecule has 20 heavy (non-hydrogen) atoms. The third kappa shape index (κ3) is 3.59. The molecule has 108 valence electrons. The number of rotatable bonds is 3. The van der Waals surface area contributed by atoms with Gasteiger partial charge in [-0.25, -0.2) is 4.39 Å². The van der Waals surface area contributed by atoms with Gasteiger partial charge in [-0.15, -0.1) is 11.3 Å². The van der Waals surface area contributed by atoms with Crippen LogP contribution < -0.4 is 0 Å². The lowest BCUT2D eigenvalue weighted by atomic mass is 10.0. The monoisotopic (exact) mass is 368 g/mol. The molecule has 1 nitrogen and oxygen atoms in total. The van der Waals surface area contributed by atoms with Gasteiger partial charge in [0.2, 0.25) is 0 Å². The van der Waals surface area contributed by atoms with E-state index in [1.54, 1.807) is 6.07 Å². The molecule has 0 bridgehead atoms. The Hall–Kier alpha value is -0.920. The number of hydrogen-bond acceptors (Lipinski definition) is 2. The van der Waals surface area contributed by atoms with Gasteiger partial charge in [0.15, 0.2) is 0 Å². The molecular formula is C13H9BrF4OS. The van der Waals surface area contributed by atoms with E-state index in [1.807, 2.05) is 5.38 Å². The van der Waals surface area contributed by atoms with Crippen LogP contribution in [0.15, 0.2) is 34.1 Å². The molecule has 2 aromatic rings. The quantitative estimate of drug-likeness (QED) is 0.760. The second-order valence-corrected chi connectivity index (χ2v) is 6.10. The summed E-state index contributed by atoms with van der Waals surface area (Å²) in [6.45, 7) is 0. The number of aliphatic hydroxyl groups excluding tert-OH is 1. The topological polar surface area (TPSA) is 20.2 Å². The van der Waals surface area contributed by atoms with Gasteiger partial charge in [-0.3, -0.25) is 0 Å². The summed E-state index contributed by atoms with van der Waals surface area (Å²) in [5.74, 6) is -1.34. The lowest BCUT2D eigenvalue weighted by Crippen LogP contribution is -2.10. The average molecular weight is 369 g/mol. The molecule has 1 N–H and O–H groups in total. The molecule has 1 aromatic heterocycles. The van der Waals surface area contributed by atoms with Gasteiger partial charge >= 0.3 is 6.18 Å². The summed E-state index contributed by atoms with van der Waals surface area (Å²) in [4.78, 5) is 0.822. The smallest absolute Gasteiger partial charge is 0.388 e. The summed E-state index contributed by atoms with van der Waals surface area (Å²) < 4.78 is 51.8. The normalized spacial score (nSPS) is 13.5. The van der Waals surface area contributed by atoms with Crippen molar-refractivity contribution in [3.05, 3.63) is 55.9 Å². The fourth-order valence-corrected chi connectivity index (χ4v) is 3.23. The molecule has 0 fully saturated rings. The van der Waals surface area contributed by atoms with Crippen molar-refractivity contribution in [3.63, 3.8) is 0 Å². The van der Waals surface area contributed by atoms with Gasteiger partial charge in [0, 0.05) is 21.2 Å². The van der Waals surface area contributed by atoms with Gasteiger partial charge in [0.05, 0.1) is 11.7 Å². The molecule has 0 aliphatic rings. The zero-order valence-electron chi connectivity index (χ0n) is 9.92. The zero-order valence-corrected chi connectivity index (χ0v) is 12.3. The summed E-state index contributed by atoms with van der Waals surface area (Å²) in [5.41, 5.74) is -1.32. The predicted octanol–water partition coefficient (Wildman–Crippen LogP) is 4.94. The number of hydrogen-bond donors (Lipinski definition) is 1. The SMILES string of the molecule is OC(Cc1cc(Br)cs1)c1ccc(F)c(C(F)(F)F)c1. The molecule has 2 rings (SSSR count). The Labute approximate surface area is 125 Å². The van der Waals surface area contributed by atoms with Crippen molar-refractivity contribution in [3.8, 4) is 0 Å². The summed E-state index contributed by atoms with van der Waals surface area (Å²) in [5, 5.41) is 11.8. The molecule has 0 aliphatic carbocycles. The Bertz CT molecular complexity index is 609. The Morgan fingerprint density at radius 3 is 2.50 bits per heavy atom. The zero-order chi connectivity index (χ0) is 14.9. The third-order valence-electron chi connectivity index (χ3n) is 2.70. The molecular weight excluding hydrogens is 360 g/mol. The van der Waals surface area contributed by atoms with Crippen LogP contribution in [0.4, 0.5) is 17.6 Å². The molecule has 0 aliphatic heterocycles. The van der Waals surface area contributed by atoms with Gasteiger partial charge in [0.1, 0.15) is 5.82 Å². The summed E-state index contributed by atoms with van der Waals surface area (Å²) in [7, 11) is 0. The lowest BCUT2D eigenvalue weighted by Gasteiger charge is -2.13. The van der Waals surface area contributed by atoms with Crippen molar-refractivity contribution in [2.75, 3.05) is 0 Å². The van der Waals surface area contributed by atoms with Crippen LogP contribution >= 0.6 is 27.3 Å². The fourth-order valence-electron chi connectivity index (χ4n) is 1.74. The van der Waals surface area contributed by atoms with Crippen LogP contribution in [0.2, 0.25) is 0 Å². The fraction of sp³-hybridized carbons (Fsp3) is 0.231. The Morgan fingerprint density at radius 2 is 1.95 bits per heavy atom. The Balaban J connectivity index is 2.24. The van der Waals surface area contributed by atoms with Crippen LogP contribution in [-0.2, 0) is 12.6 Å². The van der Waals surface area contributed by atoms with Crippen LogP contribution in [0.5, 0.6) is 0 Å². The number of halogens is 5. The van der Waals surface area contributed by atoms with Crippen LogP contribution in [0, 0.1) is 5.82 Å². The van der Waals surface area contributed by atoms with E-state index in [4.69, 9.17) is 0 Å². The molecule has 0 saturated carbocycles. The van der Waals surface area contributed by atoms with Crippen LogP contribution in [0.3, 0.4) is 0 Å². The first-order chi connectivity index (χ1) is 9.27.